The first kappa shape index (κ1) is 25.4. The minimum Gasteiger partial charge on any atom is -0.481 e. The summed E-state index contributed by atoms with van der Waals surface area (Å²) < 4.78 is 0. The number of rotatable bonds is 12. The molecule has 3 aromatic carbocycles. The lowest BCUT2D eigenvalue weighted by Crippen LogP contribution is -2.41. The summed E-state index contributed by atoms with van der Waals surface area (Å²) in [5, 5.41) is 12.1. The van der Waals surface area contributed by atoms with E-state index in [2.05, 4.69) is 24.4 Å². The number of nitrogens with zero attached hydrogens (tertiary/aromatic N) is 1. The standard InChI is InChI=1S/C28H32N2O3S/c1-2-3-17-29-28(33)30(18-9-13-22-10-5-4-6-11-22)24-14-8-16-26(21-24)34-25-15-7-12-23(19-25)20-27(31)32/h4-8,10-12,14-16,19,21H,2-3,9,13,17-18,20H2,1H3,(H,29,33)(H,31,32). The van der Waals surface area contributed by atoms with Crippen LogP contribution in [-0.4, -0.2) is 30.2 Å². The van der Waals surface area contributed by atoms with E-state index in [1.165, 1.54) is 5.56 Å². The van der Waals surface area contributed by atoms with Crippen molar-refractivity contribution in [3.63, 3.8) is 0 Å². The van der Waals surface area contributed by atoms with Gasteiger partial charge in [-0.15, -0.1) is 0 Å². The number of hydrogen-bond donors (Lipinski definition) is 2. The number of aryl methyl sites for hydroxylation is 1. The van der Waals surface area contributed by atoms with Crippen LogP contribution in [0, 0.1) is 0 Å². The third kappa shape index (κ3) is 8.27. The number of carboxylic acids is 1. The van der Waals surface area contributed by atoms with Gasteiger partial charge in [0.1, 0.15) is 0 Å². The highest BCUT2D eigenvalue weighted by atomic mass is 32.2. The lowest BCUT2D eigenvalue weighted by molar-refractivity contribution is -0.136. The van der Waals surface area contributed by atoms with Crippen LogP contribution < -0.4 is 10.2 Å². The fourth-order valence-electron chi connectivity index (χ4n) is 3.65. The third-order valence-electron chi connectivity index (χ3n) is 5.36. The summed E-state index contributed by atoms with van der Waals surface area (Å²) in [6.45, 7) is 3.39. The normalized spacial score (nSPS) is 10.6. The van der Waals surface area contributed by atoms with E-state index in [0.717, 1.165) is 46.7 Å². The Morgan fingerprint density at radius 3 is 2.32 bits per heavy atom. The average molecular weight is 477 g/mol. The number of anilines is 1. The molecule has 0 bridgehead atoms. The van der Waals surface area contributed by atoms with Crippen molar-refractivity contribution in [1.29, 1.82) is 0 Å². The van der Waals surface area contributed by atoms with Crippen molar-refractivity contribution in [1.82, 2.24) is 5.32 Å². The molecule has 6 heteroatoms. The van der Waals surface area contributed by atoms with E-state index in [4.69, 9.17) is 5.11 Å². The van der Waals surface area contributed by atoms with Crippen molar-refractivity contribution in [2.75, 3.05) is 18.0 Å². The monoisotopic (exact) mass is 476 g/mol. The summed E-state index contributed by atoms with van der Waals surface area (Å²) in [7, 11) is 0. The maximum Gasteiger partial charge on any atom is 0.321 e. The molecular weight excluding hydrogens is 444 g/mol. The number of hydrogen-bond acceptors (Lipinski definition) is 3. The zero-order valence-corrected chi connectivity index (χ0v) is 20.4. The van der Waals surface area contributed by atoms with E-state index in [9.17, 15) is 9.59 Å². The number of nitrogens with one attached hydrogen (secondary N) is 1. The molecule has 0 unspecified atom stereocenters. The largest absolute Gasteiger partial charge is 0.481 e. The third-order valence-corrected chi connectivity index (χ3v) is 6.34. The van der Waals surface area contributed by atoms with Crippen LogP contribution in [0.15, 0.2) is 88.7 Å². The molecule has 0 aliphatic heterocycles. The molecule has 3 aromatic rings. The SMILES string of the molecule is CCCCNC(=O)N(CCCc1ccccc1)c1cccc(Sc2cccc(CC(=O)O)c2)c1. The van der Waals surface area contributed by atoms with Gasteiger partial charge >= 0.3 is 12.0 Å². The molecule has 5 nitrogen and oxygen atoms in total. The lowest BCUT2D eigenvalue weighted by Gasteiger charge is -2.24. The second kappa shape index (κ2) is 13.5. The van der Waals surface area contributed by atoms with E-state index >= 15 is 0 Å². The van der Waals surface area contributed by atoms with E-state index in [0.29, 0.717) is 13.1 Å². The minimum atomic E-state index is -0.843. The smallest absolute Gasteiger partial charge is 0.321 e. The Balaban J connectivity index is 1.73. The van der Waals surface area contributed by atoms with Gasteiger partial charge in [-0.05, 0) is 60.7 Å². The summed E-state index contributed by atoms with van der Waals surface area (Å²) >= 11 is 1.56. The van der Waals surface area contributed by atoms with Crippen molar-refractivity contribution in [3.05, 3.63) is 90.0 Å². The number of carbonyl (C=O) groups is 2. The molecule has 2 N–H and O–H groups in total. The first-order chi connectivity index (χ1) is 16.5. The molecule has 0 saturated heterocycles. The summed E-state index contributed by atoms with van der Waals surface area (Å²) in [5.74, 6) is -0.843. The Bertz CT molecular complexity index is 1070. The molecule has 0 atom stereocenters. The molecule has 0 aliphatic rings. The number of aliphatic carboxylic acids is 1. The Labute approximate surface area is 206 Å². The number of unbranched alkanes of at least 4 members (excludes halogenated alkanes) is 1. The van der Waals surface area contributed by atoms with Crippen molar-refractivity contribution in [3.8, 4) is 0 Å². The first-order valence-electron chi connectivity index (χ1n) is 11.7. The van der Waals surface area contributed by atoms with Gasteiger partial charge in [0.05, 0.1) is 6.42 Å². The molecule has 178 valence electrons. The van der Waals surface area contributed by atoms with Gasteiger partial charge in [-0.2, -0.15) is 0 Å². The van der Waals surface area contributed by atoms with Gasteiger partial charge in [-0.3, -0.25) is 9.69 Å². The van der Waals surface area contributed by atoms with Crippen LogP contribution in [0.1, 0.15) is 37.3 Å². The predicted molar refractivity (Wildman–Crippen MR) is 139 cm³/mol. The molecule has 0 fully saturated rings. The van der Waals surface area contributed by atoms with Gasteiger partial charge < -0.3 is 10.4 Å². The summed E-state index contributed by atoms with van der Waals surface area (Å²) in [4.78, 5) is 27.9. The summed E-state index contributed by atoms with van der Waals surface area (Å²) in [5.41, 5.74) is 2.89. The maximum absolute atomic E-state index is 13.0. The van der Waals surface area contributed by atoms with Crippen LogP contribution in [0.2, 0.25) is 0 Å². The molecule has 0 heterocycles. The van der Waals surface area contributed by atoms with E-state index in [1.54, 1.807) is 11.8 Å². The lowest BCUT2D eigenvalue weighted by atomic mass is 10.1. The highest BCUT2D eigenvalue weighted by Gasteiger charge is 2.16. The molecule has 0 spiro atoms. The fraction of sp³-hybridized carbons (Fsp3) is 0.286. The van der Waals surface area contributed by atoms with Crippen LogP contribution >= 0.6 is 11.8 Å². The highest BCUT2D eigenvalue weighted by Crippen LogP contribution is 2.31. The van der Waals surface area contributed by atoms with Gasteiger partial charge in [0.2, 0.25) is 0 Å². The van der Waals surface area contributed by atoms with Gasteiger partial charge in [0.25, 0.3) is 0 Å². The molecule has 34 heavy (non-hydrogen) atoms. The van der Waals surface area contributed by atoms with Crippen LogP contribution in [-0.2, 0) is 17.6 Å². The summed E-state index contributed by atoms with van der Waals surface area (Å²) in [6.07, 6.45) is 3.75. The van der Waals surface area contributed by atoms with Gasteiger partial charge in [0.15, 0.2) is 0 Å². The van der Waals surface area contributed by atoms with Gasteiger partial charge in [-0.1, -0.05) is 73.6 Å². The Kier molecular flexibility index (Phi) is 10.0. The molecule has 0 aromatic heterocycles. The molecule has 3 rings (SSSR count). The average Bonchev–Trinajstić information content (AvgIpc) is 2.82. The Morgan fingerprint density at radius 1 is 0.882 bits per heavy atom. The van der Waals surface area contributed by atoms with E-state index in [1.807, 2.05) is 71.6 Å². The van der Waals surface area contributed by atoms with Crippen molar-refractivity contribution < 1.29 is 14.7 Å². The molecule has 0 aliphatic carbocycles. The maximum atomic E-state index is 13.0. The van der Waals surface area contributed by atoms with Crippen molar-refractivity contribution in [2.24, 2.45) is 0 Å². The predicted octanol–water partition coefficient (Wildman–Crippen LogP) is 6.41. The molecule has 0 radical (unpaired) electrons. The molecule has 0 saturated carbocycles. The Morgan fingerprint density at radius 2 is 1.59 bits per heavy atom. The van der Waals surface area contributed by atoms with Crippen LogP contribution in [0.4, 0.5) is 10.5 Å². The summed E-state index contributed by atoms with van der Waals surface area (Å²) in [6, 6.07) is 25.8. The topological polar surface area (TPSA) is 69.6 Å². The van der Waals surface area contributed by atoms with Gasteiger partial charge in [0, 0.05) is 28.6 Å². The zero-order valence-electron chi connectivity index (χ0n) is 19.6. The number of benzene rings is 3. The second-order valence-corrected chi connectivity index (χ2v) is 9.29. The zero-order chi connectivity index (χ0) is 24.2. The van der Waals surface area contributed by atoms with Crippen molar-refractivity contribution >= 4 is 29.4 Å². The van der Waals surface area contributed by atoms with Crippen LogP contribution in [0.3, 0.4) is 0 Å². The fourth-order valence-corrected chi connectivity index (χ4v) is 4.60. The minimum absolute atomic E-state index is 0.00155. The van der Waals surface area contributed by atoms with Crippen molar-refractivity contribution in [2.45, 2.75) is 48.8 Å². The van der Waals surface area contributed by atoms with Gasteiger partial charge in [-0.25, -0.2) is 4.79 Å². The number of urea groups is 1. The molecular formula is C28H32N2O3S. The molecule has 2 amide bonds. The van der Waals surface area contributed by atoms with Crippen LogP contribution in [0.5, 0.6) is 0 Å². The van der Waals surface area contributed by atoms with E-state index in [-0.39, 0.29) is 12.5 Å². The number of carbonyl (C=O) groups excluding carboxylic acids is 1. The first-order valence-corrected chi connectivity index (χ1v) is 12.5. The van der Waals surface area contributed by atoms with Crippen LogP contribution in [0.25, 0.3) is 0 Å². The quantitative estimate of drug-likeness (QED) is 0.296. The second-order valence-electron chi connectivity index (χ2n) is 8.14. The number of amides is 2. The number of carboxylic acid groups (broad SMARTS) is 1. The van der Waals surface area contributed by atoms with E-state index < -0.39 is 5.97 Å². The highest BCUT2D eigenvalue weighted by molar-refractivity contribution is 7.99. The Hall–Kier alpha value is -3.25.